The molecular weight excluding hydrogens is 300 g/mol. The summed E-state index contributed by atoms with van der Waals surface area (Å²) >= 11 is 0. The zero-order chi connectivity index (χ0) is 16.6. The van der Waals surface area contributed by atoms with E-state index in [0.717, 1.165) is 19.3 Å². The van der Waals surface area contributed by atoms with Crippen molar-refractivity contribution in [3.8, 4) is 0 Å². The highest BCUT2D eigenvalue weighted by atomic mass is 19.1. The molecule has 1 aromatic carbocycles. The number of aliphatic hydroxyl groups is 1. The number of aliphatic hydroxyl groups excluding tert-OH is 1. The molecule has 1 saturated heterocycles. The van der Waals surface area contributed by atoms with Crippen molar-refractivity contribution in [2.24, 2.45) is 11.3 Å². The molecule has 2 unspecified atom stereocenters. The Morgan fingerprint density at radius 1 is 1.30 bits per heavy atom. The van der Waals surface area contributed by atoms with E-state index in [-0.39, 0.29) is 35.3 Å². The first-order chi connectivity index (χ1) is 11.0. The summed E-state index contributed by atoms with van der Waals surface area (Å²) in [6.45, 7) is 3.45. The van der Waals surface area contributed by atoms with Gasteiger partial charge in [0.2, 0.25) is 5.91 Å². The molecule has 1 N–H and O–H groups in total. The lowest BCUT2D eigenvalue weighted by molar-refractivity contribution is -0.135. The van der Waals surface area contributed by atoms with Crippen molar-refractivity contribution in [1.29, 1.82) is 0 Å². The molecule has 0 spiro atoms. The highest BCUT2D eigenvalue weighted by molar-refractivity contribution is 5.83. The summed E-state index contributed by atoms with van der Waals surface area (Å²) in [5, 5.41) is 9.55. The van der Waals surface area contributed by atoms with E-state index >= 15 is 0 Å². The summed E-state index contributed by atoms with van der Waals surface area (Å²) in [5.41, 5.74) is -0.0154. The second-order valence-corrected chi connectivity index (χ2v) is 6.92. The molecule has 0 bridgehead atoms. The SMILES string of the molecule is CCC1(CO)CCN(C(=O)C2CC2c2c(F)cccc2F)CC1. The van der Waals surface area contributed by atoms with Crippen LogP contribution in [0.1, 0.15) is 44.1 Å². The first-order valence-corrected chi connectivity index (χ1v) is 8.35. The maximum atomic E-state index is 13.8. The van der Waals surface area contributed by atoms with Gasteiger partial charge in [-0.25, -0.2) is 8.78 Å². The lowest BCUT2D eigenvalue weighted by Crippen LogP contribution is -2.45. The van der Waals surface area contributed by atoms with Crippen LogP contribution in [0.2, 0.25) is 0 Å². The van der Waals surface area contributed by atoms with Crippen LogP contribution in [0.15, 0.2) is 18.2 Å². The quantitative estimate of drug-likeness (QED) is 0.925. The predicted octanol–water partition coefficient (Wildman–Crippen LogP) is 3.08. The first-order valence-electron chi connectivity index (χ1n) is 8.35. The topological polar surface area (TPSA) is 40.5 Å². The number of amides is 1. The maximum absolute atomic E-state index is 13.8. The van der Waals surface area contributed by atoms with E-state index in [2.05, 4.69) is 6.92 Å². The van der Waals surface area contributed by atoms with Crippen molar-refractivity contribution in [3.63, 3.8) is 0 Å². The van der Waals surface area contributed by atoms with Crippen molar-refractivity contribution in [2.75, 3.05) is 19.7 Å². The van der Waals surface area contributed by atoms with Gasteiger partial charge in [-0.1, -0.05) is 13.0 Å². The average Bonchev–Trinajstić information content (AvgIpc) is 3.34. The van der Waals surface area contributed by atoms with Gasteiger partial charge in [0.15, 0.2) is 0 Å². The van der Waals surface area contributed by atoms with Crippen LogP contribution in [0.5, 0.6) is 0 Å². The number of nitrogens with zero attached hydrogens (tertiary/aromatic N) is 1. The van der Waals surface area contributed by atoms with Crippen LogP contribution in [0.3, 0.4) is 0 Å². The van der Waals surface area contributed by atoms with Crippen molar-refractivity contribution >= 4 is 5.91 Å². The molecule has 5 heteroatoms. The van der Waals surface area contributed by atoms with Crippen LogP contribution in [-0.2, 0) is 4.79 Å². The zero-order valence-electron chi connectivity index (χ0n) is 13.4. The van der Waals surface area contributed by atoms with Crippen molar-refractivity contribution in [1.82, 2.24) is 4.90 Å². The molecule has 2 atom stereocenters. The molecule has 1 aromatic rings. The van der Waals surface area contributed by atoms with Gasteiger partial charge in [0.25, 0.3) is 0 Å². The Morgan fingerprint density at radius 3 is 2.43 bits per heavy atom. The molecule has 1 aliphatic carbocycles. The maximum Gasteiger partial charge on any atom is 0.226 e. The molecular formula is C18H23F2NO2. The summed E-state index contributed by atoms with van der Waals surface area (Å²) in [6.07, 6.45) is 3.00. The normalized spacial score (nSPS) is 26.2. The van der Waals surface area contributed by atoms with Gasteiger partial charge in [-0.2, -0.15) is 0 Å². The third-order valence-corrected chi connectivity index (χ3v) is 5.70. The number of piperidine rings is 1. The van der Waals surface area contributed by atoms with Gasteiger partial charge in [-0.3, -0.25) is 4.79 Å². The van der Waals surface area contributed by atoms with Crippen molar-refractivity contribution in [2.45, 2.75) is 38.5 Å². The fraction of sp³-hybridized carbons (Fsp3) is 0.611. The van der Waals surface area contributed by atoms with Crippen LogP contribution in [0, 0.1) is 23.0 Å². The summed E-state index contributed by atoms with van der Waals surface area (Å²) in [5.74, 6) is -1.76. The van der Waals surface area contributed by atoms with E-state index in [1.807, 2.05) is 0 Å². The van der Waals surface area contributed by atoms with Crippen LogP contribution in [0.4, 0.5) is 8.78 Å². The number of rotatable bonds is 4. The monoisotopic (exact) mass is 323 g/mol. The largest absolute Gasteiger partial charge is 0.396 e. The molecule has 0 aromatic heterocycles. The summed E-state index contributed by atoms with van der Waals surface area (Å²) < 4.78 is 27.6. The van der Waals surface area contributed by atoms with E-state index in [1.165, 1.54) is 18.2 Å². The van der Waals surface area contributed by atoms with Crippen LogP contribution >= 0.6 is 0 Å². The third kappa shape index (κ3) is 2.99. The number of carbonyl (C=O) groups is 1. The fourth-order valence-electron chi connectivity index (χ4n) is 3.71. The minimum Gasteiger partial charge on any atom is -0.396 e. The Hall–Kier alpha value is -1.49. The number of likely N-dealkylation sites (tertiary alicyclic amines) is 1. The Kier molecular flexibility index (Phi) is 4.41. The predicted molar refractivity (Wildman–Crippen MR) is 82.8 cm³/mol. The molecule has 1 saturated carbocycles. The van der Waals surface area contributed by atoms with Gasteiger partial charge in [0.05, 0.1) is 0 Å². The lowest BCUT2D eigenvalue weighted by Gasteiger charge is -2.40. The summed E-state index contributed by atoms with van der Waals surface area (Å²) in [6, 6.07) is 3.84. The molecule has 2 fully saturated rings. The van der Waals surface area contributed by atoms with Crippen molar-refractivity contribution in [3.05, 3.63) is 35.4 Å². The number of halogens is 2. The van der Waals surface area contributed by atoms with E-state index in [1.54, 1.807) is 4.90 Å². The second-order valence-electron chi connectivity index (χ2n) is 6.92. The van der Waals surface area contributed by atoms with Gasteiger partial charge in [-0.05, 0) is 43.2 Å². The Labute approximate surface area is 135 Å². The number of carbonyl (C=O) groups excluding carboxylic acids is 1. The zero-order valence-corrected chi connectivity index (χ0v) is 13.4. The van der Waals surface area contributed by atoms with Gasteiger partial charge in [0, 0.05) is 37.1 Å². The Morgan fingerprint density at radius 2 is 1.91 bits per heavy atom. The van der Waals surface area contributed by atoms with Crippen molar-refractivity contribution < 1.29 is 18.7 Å². The molecule has 0 radical (unpaired) electrons. The molecule has 3 nitrogen and oxygen atoms in total. The number of hydrogen-bond acceptors (Lipinski definition) is 2. The molecule has 1 amide bonds. The van der Waals surface area contributed by atoms with E-state index in [9.17, 15) is 18.7 Å². The van der Waals surface area contributed by atoms with Crippen LogP contribution in [-0.4, -0.2) is 35.6 Å². The van der Waals surface area contributed by atoms with Gasteiger partial charge >= 0.3 is 0 Å². The van der Waals surface area contributed by atoms with E-state index in [0.29, 0.717) is 19.5 Å². The Balaban J connectivity index is 1.63. The minimum atomic E-state index is -0.561. The number of benzene rings is 1. The second kappa shape index (κ2) is 6.19. The smallest absolute Gasteiger partial charge is 0.226 e. The standard InChI is InChI=1S/C18H23F2NO2/c1-2-18(11-22)6-8-21(9-7-18)17(23)13-10-12(13)16-14(19)4-3-5-15(16)20/h3-5,12-13,22H,2,6-11H2,1H3. The minimum absolute atomic E-state index is 0.000274. The van der Waals surface area contributed by atoms with E-state index < -0.39 is 11.6 Å². The van der Waals surface area contributed by atoms with Gasteiger partial charge in [-0.15, -0.1) is 0 Å². The molecule has 2 aliphatic rings. The molecule has 3 rings (SSSR count). The van der Waals surface area contributed by atoms with Gasteiger partial charge in [0.1, 0.15) is 11.6 Å². The van der Waals surface area contributed by atoms with E-state index in [4.69, 9.17) is 0 Å². The van der Waals surface area contributed by atoms with Crippen LogP contribution < -0.4 is 0 Å². The van der Waals surface area contributed by atoms with Gasteiger partial charge < -0.3 is 10.0 Å². The highest BCUT2D eigenvalue weighted by Gasteiger charge is 2.49. The average molecular weight is 323 g/mol. The molecule has 1 aliphatic heterocycles. The first kappa shape index (κ1) is 16.4. The fourth-order valence-corrected chi connectivity index (χ4v) is 3.71. The number of hydrogen-bond donors (Lipinski definition) is 1. The van der Waals surface area contributed by atoms with Crippen LogP contribution in [0.25, 0.3) is 0 Å². The molecule has 1 heterocycles. The summed E-state index contributed by atoms with van der Waals surface area (Å²) in [7, 11) is 0. The Bertz CT molecular complexity index is 570. The third-order valence-electron chi connectivity index (χ3n) is 5.70. The highest BCUT2D eigenvalue weighted by Crippen LogP contribution is 2.50. The lowest BCUT2D eigenvalue weighted by atomic mass is 9.77. The molecule has 23 heavy (non-hydrogen) atoms. The molecule has 126 valence electrons. The summed E-state index contributed by atoms with van der Waals surface area (Å²) in [4.78, 5) is 14.4.